The van der Waals surface area contributed by atoms with Gasteiger partial charge in [0, 0.05) is 18.5 Å². The van der Waals surface area contributed by atoms with E-state index < -0.39 is 5.97 Å². The summed E-state index contributed by atoms with van der Waals surface area (Å²) in [6.07, 6.45) is 5.51. The highest BCUT2D eigenvalue weighted by Gasteiger charge is 2.01. The largest absolute Gasteiger partial charge is 0.481 e. The molecule has 0 aliphatic heterocycles. The molecule has 1 rings (SSSR count). The Morgan fingerprint density at radius 3 is 2.79 bits per heavy atom. The summed E-state index contributed by atoms with van der Waals surface area (Å²) in [6.45, 7) is 1.86. The number of H-pyrrole nitrogens is 1. The number of aryl methyl sites for hydroxylation is 1. The lowest BCUT2D eigenvalue weighted by atomic mass is 10.1. The molecule has 0 bridgehead atoms. The third kappa shape index (κ3) is 6.35. The molecule has 1 amide bonds. The highest BCUT2D eigenvalue weighted by molar-refractivity contribution is 5.81. The Bertz CT molecular complexity index is 454. The van der Waals surface area contributed by atoms with Gasteiger partial charge in [0.1, 0.15) is 5.69 Å². The minimum atomic E-state index is -0.802. The molecule has 104 valence electrons. The van der Waals surface area contributed by atoms with Crippen LogP contribution < -0.4 is 5.43 Å². The van der Waals surface area contributed by atoms with Crippen LogP contribution in [0, 0.1) is 6.92 Å². The van der Waals surface area contributed by atoms with E-state index in [1.165, 1.54) is 6.21 Å². The van der Waals surface area contributed by atoms with Crippen LogP contribution in [0.15, 0.2) is 11.4 Å². The number of aromatic amines is 1. The lowest BCUT2D eigenvalue weighted by Gasteiger charge is -1.99. The Kier molecular flexibility index (Phi) is 6.28. The third-order valence-corrected chi connectivity index (χ3v) is 2.54. The highest BCUT2D eigenvalue weighted by Crippen LogP contribution is 2.02. The molecule has 0 aliphatic rings. The van der Waals surface area contributed by atoms with Gasteiger partial charge in [0.05, 0.1) is 12.5 Å². The normalized spacial score (nSPS) is 10.8. The summed E-state index contributed by atoms with van der Waals surface area (Å²) >= 11 is 0. The van der Waals surface area contributed by atoms with Gasteiger partial charge in [0.2, 0.25) is 5.91 Å². The van der Waals surface area contributed by atoms with E-state index in [0.29, 0.717) is 25.0 Å². The van der Waals surface area contributed by atoms with E-state index >= 15 is 0 Å². The number of nitrogens with one attached hydrogen (secondary N) is 2. The monoisotopic (exact) mass is 266 g/mol. The molecule has 0 fully saturated rings. The van der Waals surface area contributed by atoms with Crippen molar-refractivity contribution in [2.45, 2.75) is 39.0 Å². The number of imidazole rings is 1. The second-order valence-electron chi connectivity index (χ2n) is 4.16. The van der Waals surface area contributed by atoms with Crippen molar-refractivity contribution >= 4 is 18.1 Å². The molecule has 3 N–H and O–H groups in total. The van der Waals surface area contributed by atoms with Crippen molar-refractivity contribution in [3.05, 3.63) is 17.7 Å². The zero-order valence-electron chi connectivity index (χ0n) is 10.8. The number of unbranched alkanes of at least 4 members (excludes halogenated alkanes) is 2. The molecule has 1 heterocycles. The summed E-state index contributed by atoms with van der Waals surface area (Å²) in [5.41, 5.74) is 3.97. The van der Waals surface area contributed by atoms with E-state index in [4.69, 9.17) is 5.11 Å². The first-order chi connectivity index (χ1) is 9.09. The summed E-state index contributed by atoms with van der Waals surface area (Å²) in [5.74, 6) is -0.983. The minimum Gasteiger partial charge on any atom is -0.481 e. The molecule has 0 aliphatic carbocycles. The number of hydrogen-bond acceptors (Lipinski definition) is 4. The summed E-state index contributed by atoms with van der Waals surface area (Å²) in [5, 5.41) is 12.2. The van der Waals surface area contributed by atoms with E-state index in [9.17, 15) is 9.59 Å². The van der Waals surface area contributed by atoms with Crippen molar-refractivity contribution in [3.63, 3.8) is 0 Å². The molecular formula is C12H18N4O3. The standard InChI is InChI=1S/C12H18N4O3/c1-9-10(14-8-13-9)7-15-16-11(17)5-3-2-4-6-12(18)19/h7-8H,2-6H2,1H3,(H,13,14)(H,16,17)(H,18,19)/b15-7+. The number of carbonyl (C=O) groups is 2. The summed E-state index contributed by atoms with van der Waals surface area (Å²) in [7, 11) is 0. The average molecular weight is 266 g/mol. The molecule has 0 aromatic carbocycles. The van der Waals surface area contributed by atoms with Crippen LogP contribution in [0.2, 0.25) is 0 Å². The Hall–Kier alpha value is -2.18. The number of nitrogens with zero attached hydrogens (tertiary/aromatic N) is 2. The molecule has 7 heteroatoms. The smallest absolute Gasteiger partial charge is 0.303 e. The van der Waals surface area contributed by atoms with Crippen molar-refractivity contribution < 1.29 is 14.7 Å². The van der Waals surface area contributed by atoms with E-state index in [2.05, 4.69) is 20.5 Å². The number of aliphatic carboxylic acids is 1. The molecule has 1 aromatic heterocycles. The first-order valence-electron chi connectivity index (χ1n) is 6.13. The van der Waals surface area contributed by atoms with Gasteiger partial charge < -0.3 is 10.1 Å². The SMILES string of the molecule is Cc1[nH]cnc1/C=N/NC(=O)CCCCCC(=O)O. The summed E-state index contributed by atoms with van der Waals surface area (Å²) in [6, 6.07) is 0. The molecule has 19 heavy (non-hydrogen) atoms. The molecule has 0 spiro atoms. The Morgan fingerprint density at radius 2 is 2.16 bits per heavy atom. The van der Waals surface area contributed by atoms with Crippen molar-refractivity contribution in [1.82, 2.24) is 15.4 Å². The Morgan fingerprint density at radius 1 is 1.42 bits per heavy atom. The second-order valence-corrected chi connectivity index (χ2v) is 4.16. The molecule has 0 saturated carbocycles. The lowest BCUT2D eigenvalue weighted by molar-refractivity contribution is -0.137. The molecule has 1 aromatic rings. The molecule has 0 unspecified atom stereocenters. The van der Waals surface area contributed by atoms with Gasteiger partial charge in [-0.1, -0.05) is 6.42 Å². The third-order valence-electron chi connectivity index (χ3n) is 2.54. The molecule has 0 saturated heterocycles. The maximum absolute atomic E-state index is 11.4. The van der Waals surface area contributed by atoms with Gasteiger partial charge in [-0.05, 0) is 19.8 Å². The number of rotatable bonds is 8. The van der Waals surface area contributed by atoms with Crippen LogP contribution in [-0.4, -0.2) is 33.2 Å². The summed E-state index contributed by atoms with van der Waals surface area (Å²) in [4.78, 5) is 28.6. The van der Waals surface area contributed by atoms with Crippen molar-refractivity contribution in [3.8, 4) is 0 Å². The van der Waals surface area contributed by atoms with E-state index in [1.807, 2.05) is 6.92 Å². The number of amides is 1. The predicted octanol–water partition coefficient (Wildman–Crippen LogP) is 1.20. The number of carbonyl (C=O) groups excluding carboxylic acids is 1. The first kappa shape index (κ1) is 14.9. The van der Waals surface area contributed by atoms with Crippen LogP contribution >= 0.6 is 0 Å². The van der Waals surface area contributed by atoms with E-state index in [1.54, 1.807) is 6.33 Å². The molecule has 7 nitrogen and oxygen atoms in total. The predicted molar refractivity (Wildman–Crippen MR) is 69.8 cm³/mol. The quantitative estimate of drug-likeness (QED) is 0.373. The van der Waals surface area contributed by atoms with E-state index in [-0.39, 0.29) is 12.3 Å². The van der Waals surface area contributed by atoms with Gasteiger partial charge in [-0.3, -0.25) is 9.59 Å². The number of carboxylic acid groups (broad SMARTS) is 1. The van der Waals surface area contributed by atoms with Crippen LogP contribution in [0.5, 0.6) is 0 Å². The lowest BCUT2D eigenvalue weighted by Crippen LogP contribution is -2.17. The van der Waals surface area contributed by atoms with Crippen molar-refractivity contribution in [2.24, 2.45) is 5.10 Å². The zero-order chi connectivity index (χ0) is 14.1. The Labute approximate surface area is 111 Å². The molecular weight excluding hydrogens is 248 g/mol. The van der Waals surface area contributed by atoms with Crippen LogP contribution in [0.4, 0.5) is 0 Å². The minimum absolute atomic E-state index is 0.151. The first-order valence-corrected chi connectivity index (χ1v) is 6.13. The maximum Gasteiger partial charge on any atom is 0.303 e. The van der Waals surface area contributed by atoms with Crippen LogP contribution in [0.3, 0.4) is 0 Å². The van der Waals surface area contributed by atoms with Gasteiger partial charge >= 0.3 is 5.97 Å². The van der Waals surface area contributed by atoms with Gasteiger partial charge in [0.25, 0.3) is 0 Å². The Balaban J connectivity index is 2.13. The number of aromatic nitrogens is 2. The maximum atomic E-state index is 11.4. The summed E-state index contributed by atoms with van der Waals surface area (Å²) < 4.78 is 0. The van der Waals surface area contributed by atoms with Crippen LogP contribution in [-0.2, 0) is 9.59 Å². The number of carboxylic acids is 1. The fourth-order valence-corrected chi connectivity index (χ4v) is 1.46. The van der Waals surface area contributed by atoms with Gasteiger partial charge in [0.15, 0.2) is 0 Å². The van der Waals surface area contributed by atoms with Crippen LogP contribution in [0.1, 0.15) is 43.5 Å². The number of hydrogen-bond donors (Lipinski definition) is 3. The van der Waals surface area contributed by atoms with Crippen LogP contribution in [0.25, 0.3) is 0 Å². The fraction of sp³-hybridized carbons (Fsp3) is 0.500. The molecule has 0 radical (unpaired) electrons. The average Bonchev–Trinajstić information content (AvgIpc) is 2.74. The topological polar surface area (TPSA) is 107 Å². The van der Waals surface area contributed by atoms with Gasteiger partial charge in [-0.15, -0.1) is 0 Å². The van der Waals surface area contributed by atoms with Crippen molar-refractivity contribution in [2.75, 3.05) is 0 Å². The highest BCUT2D eigenvalue weighted by atomic mass is 16.4. The van der Waals surface area contributed by atoms with Crippen molar-refractivity contribution in [1.29, 1.82) is 0 Å². The number of hydrazone groups is 1. The van der Waals surface area contributed by atoms with Gasteiger partial charge in [-0.25, -0.2) is 10.4 Å². The second kappa shape index (κ2) is 8.02. The zero-order valence-corrected chi connectivity index (χ0v) is 10.8. The molecule has 0 atom stereocenters. The fourth-order valence-electron chi connectivity index (χ4n) is 1.46. The van der Waals surface area contributed by atoms with E-state index in [0.717, 1.165) is 12.1 Å². The van der Waals surface area contributed by atoms with Gasteiger partial charge in [-0.2, -0.15) is 5.10 Å².